The van der Waals surface area contributed by atoms with E-state index in [2.05, 4.69) is 15.5 Å². The highest BCUT2D eigenvalue weighted by molar-refractivity contribution is 5.90. The van der Waals surface area contributed by atoms with Crippen LogP contribution < -0.4 is 10.1 Å². The number of nitrogens with one attached hydrogen (secondary N) is 1. The van der Waals surface area contributed by atoms with Gasteiger partial charge < -0.3 is 13.9 Å². The van der Waals surface area contributed by atoms with Gasteiger partial charge in [0.05, 0.1) is 24.7 Å². The molecule has 0 saturated carbocycles. The molecule has 1 aliphatic heterocycles. The summed E-state index contributed by atoms with van der Waals surface area (Å²) in [5, 5.41) is 10.5. The maximum absolute atomic E-state index is 12.0. The van der Waals surface area contributed by atoms with Crippen molar-refractivity contribution in [3.63, 3.8) is 0 Å². The molecule has 116 valence electrons. The molecule has 1 aromatic heterocycles. The molecule has 1 aliphatic rings. The normalized spacial score (nSPS) is 17.4. The molecule has 0 spiro atoms. The van der Waals surface area contributed by atoms with Crippen LogP contribution in [-0.2, 0) is 9.53 Å². The first-order chi connectivity index (χ1) is 10.8. The van der Waals surface area contributed by atoms with E-state index in [9.17, 15) is 4.79 Å². The van der Waals surface area contributed by atoms with Crippen LogP contribution >= 0.6 is 0 Å². The van der Waals surface area contributed by atoms with Crippen molar-refractivity contribution in [1.82, 2.24) is 10.2 Å². The quantitative estimate of drug-likeness (QED) is 0.910. The lowest BCUT2D eigenvalue weighted by atomic mass is 10.1. The maximum Gasteiger partial charge on any atom is 0.322 e. The minimum atomic E-state index is -0.161. The van der Waals surface area contributed by atoms with Crippen molar-refractivity contribution < 1.29 is 18.7 Å². The average Bonchev–Trinajstić information content (AvgIpc) is 3.19. The first-order valence-corrected chi connectivity index (χ1v) is 7.22. The summed E-state index contributed by atoms with van der Waals surface area (Å²) < 4.78 is 16.2. The number of rotatable bonds is 5. The zero-order valence-electron chi connectivity index (χ0n) is 12.2. The molecule has 2 heterocycles. The minimum Gasteiger partial charge on any atom is -0.493 e. The van der Waals surface area contributed by atoms with E-state index in [-0.39, 0.29) is 17.8 Å². The molecule has 22 heavy (non-hydrogen) atoms. The number of ether oxygens (including phenoxy) is 2. The lowest BCUT2D eigenvalue weighted by Crippen LogP contribution is -2.22. The number of amides is 1. The second-order valence-electron chi connectivity index (χ2n) is 4.89. The highest BCUT2D eigenvalue weighted by atomic mass is 16.5. The molecule has 1 amide bonds. The zero-order chi connectivity index (χ0) is 15.4. The predicted molar refractivity (Wildman–Crippen MR) is 78.5 cm³/mol. The third-order valence-electron chi connectivity index (χ3n) is 3.37. The van der Waals surface area contributed by atoms with Crippen LogP contribution in [0, 0.1) is 5.92 Å². The fraction of sp³-hybridized carbons (Fsp3) is 0.400. The molecule has 7 nitrogen and oxygen atoms in total. The van der Waals surface area contributed by atoms with Crippen LogP contribution in [-0.4, -0.2) is 35.9 Å². The number of para-hydroxylation sites is 1. The molecule has 0 bridgehead atoms. The van der Waals surface area contributed by atoms with Crippen molar-refractivity contribution in [3.05, 3.63) is 24.3 Å². The Kier molecular flexibility index (Phi) is 4.34. The lowest BCUT2D eigenvalue weighted by molar-refractivity contribution is -0.119. The number of nitrogens with zero attached hydrogens (tertiary/aromatic N) is 2. The summed E-state index contributed by atoms with van der Waals surface area (Å²) >= 11 is 0. The number of carbonyl (C=O) groups excluding carboxylic acids is 1. The van der Waals surface area contributed by atoms with E-state index < -0.39 is 0 Å². The van der Waals surface area contributed by atoms with Gasteiger partial charge in [0.25, 0.3) is 5.89 Å². The van der Waals surface area contributed by atoms with Gasteiger partial charge in [-0.05, 0) is 25.5 Å². The van der Waals surface area contributed by atoms with E-state index in [4.69, 9.17) is 13.9 Å². The van der Waals surface area contributed by atoms with Crippen molar-refractivity contribution in [2.45, 2.75) is 13.3 Å². The van der Waals surface area contributed by atoms with Gasteiger partial charge in [-0.25, -0.2) is 0 Å². The van der Waals surface area contributed by atoms with Crippen molar-refractivity contribution in [1.29, 1.82) is 0 Å². The molecule has 1 aromatic carbocycles. The van der Waals surface area contributed by atoms with Gasteiger partial charge in [-0.15, -0.1) is 5.10 Å². The Morgan fingerprint density at radius 1 is 1.41 bits per heavy atom. The van der Waals surface area contributed by atoms with Crippen LogP contribution in [0.2, 0.25) is 0 Å². The fourth-order valence-corrected chi connectivity index (χ4v) is 2.26. The van der Waals surface area contributed by atoms with E-state index >= 15 is 0 Å². The molecule has 1 atom stereocenters. The maximum atomic E-state index is 12.0. The van der Waals surface area contributed by atoms with Crippen LogP contribution in [0.25, 0.3) is 11.5 Å². The number of hydrogen-bond acceptors (Lipinski definition) is 6. The summed E-state index contributed by atoms with van der Waals surface area (Å²) in [4.78, 5) is 12.0. The van der Waals surface area contributed by atoms with E-state index in [0.29, 0.717) is 43.4 Å². The largest absolute Gasteiger partial charge is 0.493 e. The van der Waals surface area contributed by atoms with Gasteiger partial charge >= 0.3 is 6.01 Å². The third-order valence-corrected chi connectivity index (χ3v) is 3.37. The van der Waals surface area contributed by atoms with Crippen LogP contribution in [0.1, 0.15) is 13.3 Å². The summed E-state index contributed by atoms with van der Waals surface area (Å²) in [6.07, 6.45) is 0.708. The molecule has 1 unspecified atom stereocenters. The van der Waals surface area contributed by atoms with Crippen LogP contribution in [0.15, 0.2) is 28.7 Å². The summed E-state index contributed by atoms with van der Waals surface area (Å²) in [6.45, 7) is 3.48. The SMILES string of the molecule is CCOc1ccccc1-c1nnc(NC(=O)C2CCOC2)o1. The Hall–Kier alpha value is -2.41. The Labute approximate surface area is 127 Å². The summed E-state index contributed by atoms with van der Waals surface area (Å²) in [5.41, 5.74) is 0.696. The molecule has 1 saturated heterocycles. The van der Waals surface area contributed by atoms with Gasteiger partial charge in [0.15, 0.2) is 0 Å². The van der Waals surface area contributed by atoms with Crippen LogP contribution in [0.3, 0.4) is 0 Å². The van der Waals surface area contributed by atoms with Gasteiger partial charge in [-0.1, -0.05) is 17.2 Å². The van der Waals surface area contributed by atoms with Gasteiger partial charge in [-0.2, -0.15) is 0 Å². The number of carbonyl (C=O) groups is 1. The molecule has 0 aliphatic carbocycles. The highest BCUT2D eigenvalue weighted by Crippen LogP contribution is 2.29. The average molecular weight is 303 g/mol. The van der Waals surface area contributed by atoms with E-state index in [0.717, 1.165) is 0 Å². The Morgan fingerprint density at radius 3 is 3.05 bits per heavy atom. The molecular weight excluding hydrogens is 286 g/mol. The van der Waals surface area contributed by atoms with Crippen molar-refractivity contribution in [2.24, 2.45) is 5.92 Å². The van der Waals surface area contributed by atoms with Gasteiger partial charge in [0.2, 0.25) is 5.91 Å². The highest BCUT2D eigenvalue weighted by Gasteiger charge is 2.25. The van der Waals surface area contributed by atoms with Gasteiger partial charge in [0, 0.05) is 6.61 Å². The first-order valence-electron chi connectivity index (χ1n) is 7.22. The van der Waals surface area contributed by atoms with Crippen molar-refractivity contribution >= 4 is 11.9 Å². The molecule has 3 rings (SSSR count). The minimum absolute atomic E-state index is 0.0817. The Balaban J connectivity index is 1.75. The number of benzene rings is 1. The third kappa shape index (κ3) is 3.09. The standard InChI is InChI=1S/C15H17N3O4/c1-2-21-12-6-4-3-5-11(12)14-17-18-15(22-14)16-13(19)10-7-8-20-9-10/h3-6,10H,2,7-9H2,1H3,(H,16,18,19). The molecule has 7 heteroatoms. The van der Waals surface area contributed by atoms with E-state index in [1.165, 1.54) is 0 Å². The molecule has 1 fully saturated rings. The second-order valence-corrected chi connectivity index (χ2v) is 4.89. The predicted octanol–water partition coefficient (Wildman–Crippen LogP) is 2.11. The van der Waals surface area contributed by atoms with Crippen molar-refractivity contribution in [3.8, 4) is 17.2 Å². The number of hydrogen-bond donors (Lipinski definition) is 1. The fourth-order valence-electron chi connectivity index (χ4n) is 2.26. The van der Waals surface area contributed by atoms with E-state index in [1.54, 1.807) is 0 Å². The molecule has 2 aromatic rings. The molecular formula is C15H17N3O4. The smallest absolute Gasteiger partial charge is 0.322 e. The van der Waals surface area contributed by atoms with Gasteiger partial charge in [-0.3, -0.25) is 10.1 Å². The number of anilines is 1. The van der Waals surface area contributed by atoms with Crippen LogP contribution in [0.4, 0.5) is 6.01 Å². The van der Waals surface area contributed by atoms with Crippen LogP contribution in [0.5, 0.6) is 5.75 Å². The summed E-state index contributed by atoms with van der Waals surface area (Å²) in [5.74, 6) is 0.648. The Morgan fingerprint density at radius 2 is 2.27 bits per heavy atom. The number of aromatic nitrogens is 2. The second kappa shape index (κ2) is 6.57. The first kappa shape index (κ1) is 14.5. The topological polar surface area (TPSA) is 86.5 Å². The molecule has 1 N–H and O–H groups in total. The monoisotopic (exact) mass is 303 g/mol. The molecule has 0 radical (unpaired) electrons. The van der Waals surface area contributed by atoms with E-state index in [1.807, 2.05) is 31.2 Å². The summed E-state index contributed by atoms with van der Waals surface area (Å²) in [7, 11) is 0. The lowest BCUT2D eigenvalue weighted by Gasteiger charge is -2.06. The Bertz CT molecular complexity index is 650. The summed E-state index contributed by atoms with van der Waals surface area (Å²) in [6, 6.07) is 7.47. The van der Waals surface area contributed by atoms with Gasteiger partial charge in [0.1, 0.15) is 5.75 Å². The zero-order valence-corrected chi connectivity index (χ0v) is 12.2. The van der Waals surface area contributed by atoms with Crippen molar-refractivity contribution in [2.75, 3.05) is 25.1 Å².